The van der Waals surface area contributed by atoms with Gasteiger partial charge in [0, 0.05) is 25.4 Å². The Morgan fingerprint density at radius 3 is 1.64 bits per heavy atom. The first-order valence-electron chi connectivity index (χ1n) is 23.0. The van der Waals surface area contributed by atoms with Crippen molar-refractivity contribution in [2.45, 2.75) is 193 Å². The van der Waals surface area contributed by atoms with Crippen LogP contribution in [0.1, 0.15) is 181 Å². The van der Waals surface area contributed by atoms with Crippen LogP contribution < -0.4 is 5.32 Å². The standard InChI is InChI=1S/C48H85N3O5/c1-5-7-9-11-13-15-17-19-21-23-25-27-29-31-33-35-41-56-48(55)45-42-44(49-46(53)37-38-51(3,4)39-40-52)43-50(45)47(54)36-34-32-30-28-26-24-22-20-18-16-14-12-10-8-6-2/h13-16,19-22,44-45,52H,5-12,17-18,23-43H2,1-4H3/p+1/b15-13-,16-14-,21-19-,22-20-. The van der Waals surface area contributed by atoms with E-state index in [0.717, 1.165) is 77.0 Å². The molecule has 8 heteroatoms. The fourth-order valence-corrected chi connectivity index (χ4v) is 7.12. The van der Waals surface area contributed by atoms with Gasteiger partial charge in [-0.25, -0.2) is 4.79 Å². The van der Waals surface area contributed by atoms with E-state index in [9.17, 15) is 19.5 Å². The van der Waals surface area contributed by atoms with E-state index < -0.39 is 6.04 Å². The number of ether oxygens (including phenoxy) is 1. The molecule has 0 saturated carbocycles. The molecule has 1 fully saturated rings. The monoisotopic (exact) mass is 785 g/mol. The second-order valence-electron chi connectivity index (χ2n) is 16.7. The van der Waals surface area contributed by atoms with Crippen molar-refractivity contribution in [3.05, 3.63) is 48.6 Å². The number of hydrogen-bond donors (Lipinski definition) is 2. The number of likely N-dealkylation sites (N-methyl/N-ethyl adjacent to an activating group) is 1. The van der Waals surface area contributed by atoms with Gasteiger partial charge >= 0.3 is 5.97 Å². The zero-order valence-corrected chi connectivity index (χ0v) is 36.7. The molecule has 0 aliphatic carbocycles. The summed E-state index contributed by atoms with van der Waals surface area (Å²) in [6, 6.07) is -0.930. The molecule has 2 unspecified atom stereocenters. The van der Waals surface area contributed by atoms with E-state index in [1.165, 1.54) is 70.6 Å². The Morgan fingerprint density at radius 1 is 0.643 bits per heavy atom. The third kappa shape index (κ3) is 28.6. The smallest absolute Gasteiger partial charge is 0.328 e. The van der Waals surface area contributed by atoms with E-state index in [4.69, 9.17) is 4.74 Å². The Labute approximate surface area is 344 Å². The lowest BCUT2D eigenvalue weighted by Crippen LogP contribution is -2.45. The number of unbranched alkanes of at least 4 members (excludes halogenated alkanes) is 17. The van der Waals surface area contributed by atoms with Gasteiger partial charge in [0.05, 0.1) is 40.3 Å². The summed E-state index contributed by atoms with van der Waals surface area (Å²) in [5.74, 6) is -0.460. The normalized spacial score (nSPS) is 16.3. The Balaban J connectivity index is 2.42. The maximum Gasteiger partial charge on any atom is 0.328 e. The summed E-state index contributed by atoms with van der Waals surface area (Å²) in [5.41, 5.74) is 0. The summed E-state index contributed by atoms with van der Waals surface area (Å²) in [5, 5.41) is 12.4. The van der Waals surface area contributed by atoms with Gasteiger partial charge in [0.25, 0.3) is 0 Å². The predicted molar refractivity (Wildman–Crippen MR) is 235 cm³/mol. The minimum Gasteiger partial charge on any atom is -0.464 e. The molecule has 2 amide bonds. The average molecular weight is 785 g/mol. The van der Waals surface area contributed by atoms with Gasteiger partial charge in [-0.3, -0.25) is 9.59 Å². The molecule has 2 atom stereocenters. The minimum atomic E-state index is -0.656. The molecule has 2 N–H and O–H groups in total. The third-order valence-electron chi connectivity index (χ3n) is 10.8. The van der Waals surface area contributed by atoms with Crippen molar-refractivity contribution in [2.24, 2.45) is 0 Å². The lowest BCUT2D eigenvalue weighted by atomic mass is 10.1. The summed E-state index contributed by atoms with van der Waals surface area (Å²) in [6.07, 6.45) is 45.6. The predicted octanol–water partition coefficient (Wildman–Crippen LogP) is 10.7. The number of hydrogen-bond acceptors (Lipinski definition) is 5. The summed E-state index contributed by atoms with van der Waals surface area (Å²) < 4.78 is 6.29. The molecule has 1 aliphatic rings. The van der Waals surface area contributed by atoms with E-state index in [1.54, 1.807) is 4.90 Å². The molecule has 0 bridgehead atoms. The van der Waals surface area contributed by atoms with Gasteiger partial charge in [0.1, 0.15) is 12.6 Å². The number of quaternary nitrogens is 1. The van der Waals surface area contributed by atoms with E-state index >= 15 is 0 Å². The van der Waals surface area contributed by atoms with Crippen molar-refractivity contribution in [1.82, 2.24) is 10.2 Å². The van der Waals surface area contributed by atoms with Gasteiger partial charge in [-0.1, -0.05) is 133 Å². The zero-order valence-electron chi connectivity index (χ0n) is 36.7. The topological polar surface area (TPSA) is 95.9 Å². The Hall–Kier alpha value is -2.71. The largest absolute Gasteiger partial charge is 0.464 e. The van der Waals surface area contributed by atoms with Gasteiger partial charge in [-0.15, -0.1) is 0 Å². The molecule has 8 nitrogen and oxygen atoms in total. The van der Waals surface area contributed by atoms with Crippen molar-refractivity contribution < 1.29 is 28.7 Å². The molecular weight excluding hydrogens is 699 g/mol. The number of aliphatic hydroxyl groups excluding tert-OH is 1. The van der Waals surface area contributed by atoms with Crippen molar-refractivity contribution in [3.63, 3.8) is 0 Å². The number of nitrogens with one attached hydrogen (secondary N) is 1. The van der Waals surface area contributed by atoms with Crippen LogP contribution in [0.15, 0.2) is 48.6 Å². The molecule has 1 heterocycles. The van der Waals surface area contributed by atoms with Crippen LogP contribution in [0.5, 0.6) is 0 Å². The number of esters is 1. The lowest BCUT2D eigenvalue weighted by Gasteiger charge is -2.28. The van der Waals surface area contributed by atoms with E-state index in [1.807, 2.05) is 14.1 Å². The van der Waals surface area contributed by atoms with Gasteiger partial charge in [0.15, 0.2) is 0 Å². The van der Waals surface area contributed by atoms with Gasteiger partial charge in [-0.2, -0.15) is 0 Å². The third-order valence-corrected chi connectivity index (χ3v) is 10.8. The summed E-state index contributed by atoms with van der Waals surface area (Å²) in [7, 11) is 3.99. The molecular formula is C48H86N3O5+. The Kier molecular flexibility index (Phi) is 32.5. The molecule has 0 spiro atoms. The highest BCUT2D eigenvalue weighted by atomic mass is 16.5. The molecule has 0 aromatic carbocycles. The molecule has 1 saturated heterocycles. The number of allylic oxidation sites excluding steroid dienone is 8. The van der Waals surface area contributed by atoms with Crippen LogP contribution in [-0.2, 0) is 19.1 Å². The van der Waals surface area contributed by atoms with Crippen LogP contribution in [0.3, 0.4) is 0 Å². The van der Waals surface area contributed by atoms with Crippen molar-refractivity contribution in [2.75, 3.05) is 46.9 Å². The molecule has 1 rings (SSSR count). The molecule has 0 aromatic heterocycles. The van der Waals surface area contributed by atoms with Crippen molar-refractivity contribution in [1.29, 1.82) is 0 Å². The van der Waals surface area contributed by atoms with Crippen LogP contribution >= 0.6 is 0 Å². The van der Waals surface area contributed by atoms with E-state index in [0.29, 0.717) is 50.0 Å². The summed E-state index contributed by atoms with van der Waals surface area (Å²) in [6.45, 7) is 6.44. The number of carbonyl (C=O) groups is 3. The number of carbonyl (C=O) groups excluding carboxylic acids is 3. The first-order chi connectivity index (χ1) is 27.2. The van der Waals surface area contributed by atoms with Gasteiger partial charge < -0.3 is 24.5 Å². The molecule has 322 valence electrons. The average Bonchev–Trinajstić information content (AvgIpc) is 3.60. The maximum atomic E-state index is 13.4. The number of aliphatic hydroxyl groups is 1. The Bertz CT molecular complexity index is 1110. The molecule has 56 heavy (non-hydrogen) atoms. The van der Waals surface area contributed by atoms with Crippen LogP contribution in [0.2, 0.25) is 0 Å². The highest BCUT2D eigenvalue weighted by Crippen LogP contribution is 2.22. The Morgan fingerprint density at radius 2 is 1.12 bits per heavy atom. The number of nitrogens with zero attached hydrogens (tertiary/aromatic N) is 2. The van der Waals surface area contributed by atoms with Crippen LogP contribution in [0.25, 0.3) is 0 Å². The highest BCUT2D eigenvalue weighted by Gasteiger charge is 2.40. The lowest BCUT2D eigenvalue weighted by molar-refractivity contribution is -0.890. The molecule has 1 aliphatic heterocycles. The number of rotatable bonds is 36. The van der Waals surface area contributed by atoms with Crippen LogP contribution in [0.4, 0.5) is 0 Å². The zero-order chi connectivity index (χ0) is 41.0. The second-order valence-corrected chi connectivity index (χ2v) is 16.7. The minimum absolute atomic E-state index is 0.0242. The first kappa shape index (κ1) is 51.3. The van der Waals surface area contributed by atoms with Gasteiger partial charge in [-0.05, 0) is 77.0 Å². The summed E-state index contributed by atoms with van der Waals surface area (Å²) in [4.78, 5) is 41.3. The SMILES string of the molecule is CCCCC/C=C\C/C=C\CCCCCCCCOC(=O)C1CC(NC(=O)CC[N+](C)(C)CCO)CN1C(=O)CCCCCCC/C=C\C/C=C\CCCCC. The fraction of sp³-hybridized carbons (Fsp3) is 0.771. The highest BCUT2D eigenvalue weighted by molar-refractivity contribution is 5.86. The molecule has 0 aromatic rings. The van der Waals surface area contributed by atoms with E-state index in [2.05, 4.69) is 67.8 Å². The van der Waals surface area contributed by atoms with E-state index in [-0.39, 0.29) is 30.4 Å². The fourth-order valence-electron chi connectivity index (χ4n) is 7.12. The molecule has 0 radical (unpaired) electrons. The van der Waals surface area contributed by atoms with Gasteiger partial charge in [0.2, 0.25) is 11.8 Å². The van der Waals surface area contributed by atoms with Crippen LogP contribution in [-0.4, -0.2) is 91.3 Å². The number of amides is 2. The van der Waals surface area contributed by atoms with Crippen molar-refractivity contribution >= 4 is 17.8 Å². The van der Waals surface area contributed by atoms with Crippen molar-refractivity contribution in [3.8, 4) is 0 Å². The first-order valence-corrected chi connectivity index (χ1v) is 23.0. The summed E-state index contributed by atoms with van der Waals surface area (Å²) >= 11 is 0. The number of likely N-dealkylation sites (tertiary alicyclic amines) is 1. The van der Waals surface area contributed by atoms with Crippen LogP contribution in [0, 0.1) is 0 Å². The maximum absolute atomic E-state index is 13.4. The second kappa shape index (κ2) is 35.5. The quantitative estimate of drug-likeness (QED) is 0.0285.